The lowest BCUT2D eigenvalue weighted by atomic mass is 10.0. The molecule has 0 aromatic heterocycles. The molecule has 0 heterocycles. The first-order valence-corrected chi connectivity index (χ1v) is 3.63. The third-order valence-electron chi connectivity index (χ3n) is 1.43. The fraction of sp³-hybridized carbons (Fsp3) is 0.875. The van der Waals surface area contributed by atoms with Gasteiger partial charge in [-0.15, -0.1) is 0 Å². The Morgan fingerprint density at radius 1 is 1.44 bits per heavy atom. The first kappa shape index (κ1) is 8.96. The lowest BCUT2D eigenvalue weighted by Crippen LogP contribution is -1.99. The number of methoxy groups -OCH3 is 1. The third-order valence-corrected chi connectivity index (χ3v) is 1.43. The van der Waals surface area contributed by atoms with Gasteiger partial charge in [0, 0.05) is 13.7 Å². The van der Waals surface area contributed by atoms with Gasteiger partial charge in [-0.3, -0.25) is 0 Å². The highest BCUT2D eigenvalue weighted by Crippen LogP contribution is 2.08. The Balaban J connectivity index is 2.95. The Hall–Kier alpha value is -0.0400. The molecule has 1 nitrogen and oxygen atoms in total. The summed E-state index contributed by atoms with van der Waals surface area (Å²) in [5.74, 6) is 0.593. The summed E-state index contributed by atoms with van der Waals surface area (Å²) in [7, 11) is 1.73. The Labute approximate surface area is 58.4 Å². The zero-order chi connectivity index (χ0) is 7.11. The van der Waals surface area contributed by atoms with Gasteiger partial charge in [-0.1, -0.05) is 26.7 Å². The predicted octanol–water partition coefficient (Wildman–Crippen LogP) is 2.27. The fourth-order valence-corrected chi connectivity index (χ4v) is 0.837. The maximum Gasteiger partial charge on any atom is 0.0464 e. The summed E-state index contributed by atoms with van der Waals surface area (Å²) in [5, 5.41) is 0. The van der Waals surface area contributed by atoms with Crippen LogP contribution in [-0.2, 0) is 4.74 Å². The molecule has 0 rings (SSSR count). The van der Waals surface area contributed by atoms with Crippen molar-refractivity contribution in [1.29, 1.82) is 0 Å². The van der Waals surface area contributed by atoms with E-state index in [1.165, 1.54) is 12.8 Å². The number of hydrogen-bond donors (Lipinski definition) is 0. The zero-order valence-electron chi connectivity index (χ0n) is 6.52. The molecule has 0 aromatic carbocycles. The van der Waals surface area contributed by atoms with Gasteiger partial charge in [-0.25, -0.2) is 0 Å². The minimum Gasteiger partial charge on any atom is -0.385 e. The Morgan fingerprint density at radius 2 is 2.11 bits per heavy atom. The van der Waals surface area contributed by atoms with Gasteiger partial charge in [0.05, 0.1) is 0 Å². The molecule has 0 N–H and O–H groups in total. The molecule has 1 atom stereocenters. The summed E-state index contributed by atoms with van der Waals surface area (Å²) in [5.41, 5.74) is 0. The summed E-state index contributed by atoms with van der Waals surface area (Å²) in [4.78, 5) is 0. The Morgan fingerprint density at radius 3 is 2.56 bits per heavy atom. The van der Waals surface area contributed by atoms with Gasteiger partial charge in [0.1, 0.15) is 0 Å². The maximum absolute atomic E-state index is 4.92. The van der Waals surface area contributed by atoms with E-state index in [1.54, 1.807) is 7.11 Å². The lowest BCUT2D eigenvalue weighted by molar-refractivity contribution is 0.182. The monoisotopic (exact) mass is 129 g/mol. The smallest absolute Gasteiger partial charge is 0.0464 e. The van der Waals surface area contributed by atoms with Crippen molar-refractivity contribution < 1.29 is 4.74 Å². The minimum atomic E-state index is 0.593. The van der Waals surface area contributed by atoms with Crippen molar-refractivity contribution in [3.8, 4) is 0 Å². The summed E-state index contributed by atoms with van der Waals surface area (Å²) in [6.45, 7) is 7.03. The molecule has 55 valence electrons. The molecule has 0 fully saturated rings. The highest BCUT2D eigenvalue weighted by molar-refractivity contribution is 4.58. The summed E-state index contributed by atoms with van der Waals surface area (Å²) in [6, 6.07) is 0. The summed E-state index contributed by atoms with van der Waals surface area (Å²) >= 11 is 0. The van der Waals surface area contributed by atoms with Crippen molar-refractivity contribution in [2.24, 2.45) is 5.92 Å². The number of ether oxygens (including phenoxy) is 1. The zero-order valence-corrected chi connectivity index (χ0v) is 6.52. The molecule has 9 heavy (non-hydrogen) atoms. The van der Waals surface area contributed by atoms with Gasteiger partial charge < -0.3 is 4.74 Å². The van der Waals surface area contributed by atoms with Crippen molar-refractivity contribution in [2.75, 3.05) is 13.7 Å². The topological polar surface area (TPSA) is 9.23 Å². The van der Waals surface area contributed by atoms with Crippen molar-refractivity contribution in [2.45, 2.75) is 26.2 Å². The van der Waals surface area contributed by atoms with Gasteiger partial charge >= 0.3 is 0 Å². The van der Waals surface area contributed by atoms with Gasteiger partial charge in [-0.2, -0.15) is 0 Å². The average Bonchev–Trinajstić information content (AvgIpc) is 1.85. The number of rotatable bonds is 5. The Kier molecular flexibility index (Phi) is 6.06. The highest BCUT2D eigenvalue weighted by Gasteiger charge is 1.98. The third kappa shape index (κ3) is 5.84. The molecule has 1 unspecified atom stereocenters. The van der Waals surface area contributed by atoms with Crippen LogP contribution in [-0.4, -0.2) is 13.7 Å². The quantitative estimate of drug-likeness (QED) is 0.553. The molecule has 0 aliphatic heterocycles. The van der Waals surface area contributed by atoms with E-state index in [-0.39, 0.29) is 0 Å². The van der Waals surface area contributed by atoms with E-state index in [1.807, 2.05) is 0 Å². The minimum absolute atomic E-state index is 0.593. The molecule has 0 bridgehead atoms. The summed E-state index contributed by atoms with van der Waals surface area (Å²) in [6.07, 6.45) is 3.56. The largest absolute Gasteiger partial charge is 0.385 e. The molecule has 1 radical (unpaired) electrons. The molecule has 1 heteroatoms. The van der Waals surface area contributed by atoms with Crippen LogP contribution < -0.4 is 0 Å². The van der Waals surface area contributed by atoms with Crippen LogP contribution in [0.2, 0.25) is 0 Å². The van der Waals surface area contributed by atoms with E-state index in [0.29, 0.717) is 5.92 Å². The molecule has 0 aromatic rings. The summed E-state index contributed by atoms with van der Waals surface area (Å²) < 4.78 is 4.92. The van der Waals surface area contributed by atoms with Crippen molar-refractivity contribution in [3.05, 3.63) is 6.92 Å². The van der Waals surface area contributed by atoms with Crippen LogP contribution in [0.5, 0.6) is 0 Å². The van der Waals surface area contributed by atoms with Gasteiger partial charge in [-0.05, 0) is 12.3 Å². The molecule has 0 spiro atoms. The van der Waals surface area contributed by atoms with E-state index in [2.05, 4.69) is 13.8 Å². The highest BCUT2D eigenvalue weighted by atomic mass is 16.5. The second-order valence-electron chi connectivity index (χ2n) is 2.44. The maximum atomic E-state index is 4.92. The first-order valence-electron chi connectivity index (χ1n) is 3.63. The van der Waals surface area contributed by atoms with Crippen LogP contribution in [0.3, 0.4) is 0 Å². The second kappa shape index (κ2) is 6.09. The van der Waals surface area contributed by atoms with E-state index in [0.717, 1.165) is 13.0 Å². The molecular formula is C8H17O. The van der Waals surface area contributed by atoms with Crippen LogP contribution in [0.1, 0.15) is 26.2 Å². The van der Waals surface area contributed by atoms with Crippen LogP contribution >= 0.6 is 0 Å². The molecule has 0 aliphatic rings. The van der Waals surface area contributed by atoms with Gasteiger partial charge in [0.25, 0.3) is 0 Å². The van der Waals surface area contributed by atoms with E-state index < -0.39 is 0 Å². The van der Waals surface area contributed by atoms with Gasteiger partial charge in [0.2, 0.25) is 0 Å². The standard InChI is InChI=1S/C8H17O/c1-4-5-8(2)6-7-9-3/h8H,2,4-7H2,1,3H3. The van der Waals surface area contributed by atoms with Crippen LogP contribution in [0.4, 0.5) is 0 Å². The predicted molar refractivity (Wildman–Crippen MR) is 40.2 cm³/mol. The van der Waals surface area contributed by atoms with E-state index in [4.69, 9.17) is 4.74 Å². The lowest BCUT2D eigenvalue weighted by Gasteiger charge is -2.07. The van der Waals surface area contributed by atoms with E-state index in [9.17, 15) is 0 Å². The molecule has 0 amide bonds. The second-order valence-corrected chi connectivity index (χ2v) is 2.44. The average molecular weight is 129 g/mol. The molecular weight excluding hydrogens is 112 g/mol. The first-order chi connectivity index (χ1) is 4.31. The Bertz CT molecular complexity index is 52.5. The van der Waals surface area contributed by atoms with Crippen LogP contribution in [0, 0.1) is 12.8 Å². The van der Waals surface area contributed by atoms with Crippen molar-refractivity contribution in [1.82, 2.24) is 0 Å². The van der Waals surface area contributed by atoms with Crippen molar-refractivity contribution >= 4 is 0 Å². The SMILES string of the molecule is [CH2]C(CCC)CCOC. The van der Waals surface area contributed by atoms with E-state index >= 15 is 0 Å². The molecule has 0 saturated carbocycles. The molecule has 0 aliphatic carbocycles. The van der Waals surface area contributed by atoms with Crippen molar-refractivity contribution in [3.63, 3.8) is 0 Å². The van der Waals surface area contributed by atoms with Crippen LogP contribution in [0.15, 0.2) is 0 Å². The number of hydrogen-bond acceptors (Lipinski definition) is 1. The van der Waals surface area contributed by atoms with Crippen LogP contribution in [0.25, 0.3) is 0 Å². The van der Waals surface area contributed by atoms with Gasteiger partial charge in [0.15, 0.2) is 0 Å². The normalized spacial score (nSPS) is 13.7. The molecule has 0 saturated heterocycles. The fourth-order valence-electron chi connectivity index (χ4n) is 0.837.